The summed E-state index contributed by atoms with van der Waals surface area (Å²) in [6.45, 7) is 1.70. The van der Waals surface area contributed by atoms with Crippen molar-refractivity contribution in [2.75, 3.05) is 37.9 Å². The van der Waals surface area contributed by atoms with Gasteiger partial charge in [0.15, 0.2) is 5.65 Å². The van der Waals surface area contributed by atoms with E-state index in [1.165, 1.54) is 0 Å². The second-order valence-electron chi connectivity index (χ2n) is 3.90. The molecule has 17 heavy (non-hydrogen) atoms. The third kappa shape index (κ3) is 2.60. The minimum atomic E-state index is 0.356. The van der Waals surface area contributed by atoms with Gasteiger partial charge in [0.05, 0.1) is 11.6 Å². The van der Waals surface area contributed by atoms with Gasteiger partial charge in [-0.25, -0.2) is 5.84 Å². The fourth-order valence-electron chi connectivity index (χ4n) is 1.43. The van der Waals surface area contributed by atoms with E-state index < -0.39 is 0 Å². The summed E-state index contributed by atoms with van der Waals surface area (Å²) in [4.78, 5) is 10.5. The van der Waals surface area contributed by atoms with Crippen LogP contribution >= 0.6 is 0 Å². The van der Waals surface area contributed by atoms with Gasteiger partial charge in [0.1, 0.15) is 5.82 Å². The van der Waals surface area contributed by atoms with Crippen molar-refractivity contribution in [2.24, 2.45) is 5.84 Å². The molecule has 2 heterocycles. The number of aromatic amines is 1. The Labute approximate surface area is 98.6 Å². The molecule has 0 spiro atoms. The molecule has 0 amide bonds. The standard InChI is InChI=1S/C9H16N8/c1-17(2)4-3-11-7-6-5-12-16-8(6)14-9(13-7)15-10/h5H,3-4,10H2,1-2H3,(H3,11,12,13,14,15,16). The van der Waals surface area contributed by atoms with Crippen LogP contribution in [0.1, 0.15) is 0 Å². The van der Waals surface area contributed by atoms with Crippen LogP contribution in [-0.2, 0) is 0 Å². The molecular formula is C9H16N8. The minimum absolute atomic E-state index is 0.356. The fourth-order valence-corrected chi connectivity index (χ4v) is 1.43. The van der Waals surface area contributed by atoms with Gasteiger partial charge >= 0.3 is 0 Å². The highest BCUT2D eigenvalue weighted by atomic mass is 15.3. The first-order valence-corrected chi connectivity index (χ1v) is 5.27. The maximum Gasteiger partial charge on any atom is 0.241 e. The Kier molecular flexibility index (Phi) is 3.35. The number of rotatable bonds is 5. The zero-order valence-corrected chi connectivity index (χ0v) is 9.86. The van der Waals surface area contributed by atoms with Gasteiger partial charge in [-0.1, -0.05) is 0 Å². The molecule has 0 saturated carbocycles. The van der Waals surface area contributed by atoms with Gasteiger partial charge in [-0.15, -0.1) is 0 Å². The molecule has 8 heteroatoms. The normalized spacial score (nSPS) is 11.1. The SMILES string of the molecule is CN(C)CCNc1nc(NN)nc2[nH]ncc12. The van der Waals surface area contributed by atoms with Crippen LogP contribution in [-0.4, -0.2) is 52.3 Å². The number of nitrogens with one attached hydrogen (secondary N) is 3. The molecule has 8 nitrogen and oxygen atoms in total. The first-order chi connectivity index (χ1) is 8.20. The van der Waals surface area contributed by atoms with E-state index in [1.807, 2.05) is 14.1 Å². The second-order valence-corrected chi connectivity index (χ2v) is 3.90. The van der Waals surface area contributed by atoms with Crippen LogP contribution < -0.4 is 16.6 Å². The monoisotopic (exact) mass is 236 g/mol. The van der Waals surface area contributed by atoms with Gasteiger partial charge in [-0.2, -0.15) is 15.1 Å². The molecule has 2 aromatic rings. The Morgan fingerprint density at radius 2 is 2.24 bits per heavy atom. The number of hydrogen-bond donors (Lipinski definition) is 4. The third-order valence-electron chi connectivity index (χ3n) is 2.29. The van der Waals surface area contributed by atoms with Crippen molar-refractivity contribution in [2.45, 2.75) is 0 Å². The maximum atomic E-state index is 5.31. The summed E-state index contributed by atoms with van der Waals surface area (Å²) in [5.74, 6) is 6.39. The number of aromatic nitrogens is 4. The Hall–Kier alpha value is -1.93. The summed E-state index contributed by atoms with van der Waals surface area (Å²) < 4.78 is 0. The van der Waals surface area contributed by atoms with Gasteiger partial charge in [0.2, 0.25) is 5.95 Å². The molecule has 0 aromatic carbocycles. The van der Waals surface area contributed by atoms with Crippen LogP contribution in [0.2, 0.25) is 0 Å². The fraction of sp³-hybridized carbons (Fsp3) is 0.444. The molecule has 0 aliphatic heterocycles. The Morgan fingerprint density at radius 1 is 1.41 bits per heavy atom. The van der Waals surface area contributed by atoms with Gasteiger partial charge in [0.25, 0.3) is 0 Å². The molecule has 0 radical (unpaired) electrons. The number of nitrogens with zero attached hydrogens (tertiary/aromatic N) is 4. The summed E-state index contributed by atoms with van der Waals surface area (Å²) in [5.41, 5.74) is 3.08. The number of likely N-dealkylation sites (N-methyl/N-ethyl adjacent to an activating group) is 1. The Morgan fingerprint density at radius 3 is 2.94 bits per heavy atom. The predicted octanol–water partition coefficient (Wildman–Crippen LogP) is -0.388. The number of fused-ring (bicyclic) bond motifs is 1. The van der Waals surface area contributed by atoms with E-state index in [-0.39, 0.29) is 0 Å². The predicted molar refractivity (Wildman–Crippen MR) is 66.5 cm³/mol. The molecule has 2 rings (SSSR count). The lowest BCUT2D eigenvalue weighted by Crippen LogP contribution is -2.21. The molecular weight excluding hydrogens is 220 g/mol. The molecule has 0 unspecified atom stereocenters. The lowest BCUT2D eigenvalue weighted by Gasteiger charge is -2.11. The summed E-state index contributed by atoms with van der Waals surface area (Å²) in [5, 5.41) is 10.8. The number of hydrazine groups is 1. The van der Waals surface area contributed by atoms with Gasteiger partial charge in [-0.3, -0.25) is 10.5 Å². The molecule has 0 bridgehead atoms. The molecule has 0 fully saturated rings. The van der Waals surface area contributed by atoms with Crippen LogP contribution in [0.5, 0.6) is 0 Å². The van der Waals surface area contributed by atoms with Crippen LogP contribution in [0, 0.1) is 0 Å². The van der Waals surface area contributed by atoms with Crippen LogP contribution in [0.4, 0.5) is 11.8 Å². The average molecular weight is 236 g/mol. The van der Waals surface area contributed by atoms with E-state index in [0.717, 1.165) is 24.3 Å². The number of hydrogen-bond acceptors (Lipinski definition) is 7. The molecule has 0 atom stereocenters. The highest BCUT2D eigenvalue weighted by Gasteiger charge is 2.08. The number of H-pyrrole nitrogens is 1. The quantitative estimate of drug-likeness (QED) is 0.413. The van der Waals surface area contributed by atoms with E-state index in [9.17, 15) is 0 Å². The van der Waals surface area contributed by atoms with Crippen molar-refractivity contribution in [3.63, 3.8) is 0 Å². The first-order valence-electron chi connectivity index (χ1n) is 5.27. The molecule has 0 saturated heterocycles. The van der Waals surface area contributed by atoms with E-state index in [0.29, 0.717) is 11.6 Å². The van der Waals surface area contributed by atoms with E-state index in [2.05, 4.69) is 35.8 Å². The molecule has 0 aliphatic rings. The van der Waals surface area contributed by atoms with Crippen molar-refractivity contribution in [3.8, 4) is 0 Å². The molecule has 92 valence electrons. The highest BCUT2D eigenvalue weighted by Crippen LogP contribution is 2.18. The Balaban J connectivity index is 2.21. The van der Waals surface area contributed by atoms with Crippen molar-refractivity contribution < 1.29 is 0 Å². The number of nitrogens with two attached hydrogens (primary N) is 1. The van der Waals surface area contributed by atoms with E-state index >= 15 is 0 Å². The maximum absolute atomic E-state index is 5.31. The smallest absolute Gasteiger partial charge is 0.241 e. The zero-order chi connectivity index (χ0) is 12.3. The van der Waals surface area contributed by atoms with Crippen LogP contribution in [0.25, 0.3) is 11.0 Å². The molecule has 0 aliphatic carbocycles. The van der Waals surface area contributed by atoms with Gasteiger partial charge in [-0.05, 0) is 14.1 Å². The lowest BCUT2D eigenvalue weighted by atomic mass is 10.4. The Bertz CT molecular complexity index is 491. The molecule has 5 N–H and O–H groups in total. The second kappa shape index (κ2) is 4.93. The lowest BCUT2D eigenvalue weighted by molar-refractivity contribution is 0.425. The average Bonchev–Trinajstić information content (AvgIpc) is 2.76. The van der Waals surface area contributed by atoms with Crippen LogP contribution in [0.15, 0.2) is 6.20 Å². The summed E-state index contributed by atoms with van der Waals surface area (Å²) in [7, 11) is 4.03. The molecule has 2 aromatic heterocycles. The van der Waals surface area contributed by atoms with Gasteiger partial charge < -0.3 is 10.2 Å². The third-order valence-corrected chi connectivity index (χ3v) is 2.29. The number of nitrogen functional groups attached to an aromatic ring is 1. The van der Waals surface area contributed by atoms with Crippen molar-refractivity contribution in [1.29, 1.82) is 0 Å². The summed E-state index contributed by atoms with van der Waals surface area (Å²) in [6, 6.07) is 0. The first kappa shape index (κ1) is 11.6. The summed E-state index contributed by atoms with van der Waals surface area (Å²) in [6.07, 6.45) is 1.69. The number of anilines is 2. The minimum Gasteiger partial charge on any atom is -0.368 e. The van der Waals surface area contributed by atoms with Crippen LogP contribution in [0.3, 0.4) is 0 Å². The van der Waals surface area contributed by atoms with E-state index in [4.69, 9.17) is 5.84 Å². The van der Waals surface area contributed by atoms with Gasteiger partial charge in [0, 0.05) is 13.1 Å². The highest BCUT2D eigenvalue weighted by molar-refractivity contribution is 5.86. The topological polar surface area (TPSA) is 108 Å². The summed E-state index contributed by atoms with van der Waals surface area (Å²) >= 11 is 0. The largest absolute Gasteiger partial charge is 0.368 e. The van der Waals surface area contributed by atoms with Crippen molar-refractivity contribution in [1.82, 2.24) is 25.1 Å². The van der Waals surface area contributed by atoms with Crippen molar-refractivity contribution >= 4 is 22.8 Å². The zero-order valence-electron chi connectivity index (χ0n) is 9.86. The van der Waals surface area contributed by atoms with E-state index in [1.54, 1.807) is 6.20 Å². The van der Waals surface area contributed by atoms with Crippen molar-refractivity contribution in [3.05, 3.63) is 6.20 Å².